The molecule has 0 bridgehead atoms. The zero-order chi connectivity index (χ0) is 16.9. The molecule has 6 nitrogen and oxygen atoms in total. The lowest BCUT2D eigenvalue weighted by Crippen LogP contribution is -2.14. The second-order valence-electron chi connectivity index (χ2n) is 4.98. The van der Waals surface area contributed by atoms with Crippen LogP contribution in [0.5, 0.6) is 0 Å². The third-order valence-electron chi connectivity index (χ3n) is 3.28. The smallest absolute Gasteiger partial charge is 0.228 e. The first-order valence-electron chi connectivity index (χ1n) is 7.13. The summed E-state index contributed by atoms with van der Waals surface area (Å²) in [6.07, 6.45) is 2.06. The number of carbonyl (C=O) groups excluding carboxylic acids is 1. The van der Waals surface area contributed by atoms with Crippen molar-refractivity contribution in [3.8, 4) is 5.69 Å². The Morgan fingerprint density at radius 2 is 2.04 bits per heavy atom. The molecular weight excluding hydrogens is 329 g/mol. The van der Waals surface area contributed by atoms with Crippen LogP contribution >= 0.6 is 11.8 Å². The number of halogens is 1. The molecule has 3 aromatic rings. The van der Waals surface area contributed by atoms with Crippen LogP contribution in [0.1, 0.15) is 5.56 Å². The van der Waals surface area contributed by atoms with Crippen LogP contribution in [0.15, 0.2) is 53.7 Å². The molecule has 0 aliphatic carbocycles. The molecule has 0 radical (unpaired) electrons. The third kappa shape index (κ3) is 3.77. The number of nitrogens with zero attached hydrogens (tertiary/aromatic N) is 4. The number of amides is 1. The SMILES string of the molecule is CSc1nnnn1-c1cccc(NC(=O)Cc2ccc(F)cc2)c1. The van der Waals surface area contributed by atoms with Gasteiger partial charge in [0.15, 0.2) is 0 Å². The standard InChI is InChI=1S/C16H14FN5OS/c1-24-16-19-20-21-22(16)14-4-2-3-13(10-14)18-15(23)9-11-5-7-12(17)8-6-11/h2-8,10H,9H2,1H3,(H,18,23). The largest absolute Gasteiger partial charge is 0.326 e. The van der Waals surface area contributed by atoms with Gasteiger partial charge in [-0.15, -0.1) is 5.10 Å². The minimum atomic E-state index is -0.321. The molecule has 1 amide bonds. The van der Waals surface area contributed by atoms with Gasteiger partial charge in [-0.25, -0.2) is 4.39 Å². The van der Waals surface area contributed by atoms with Crippen molar-refractivity contribution < 1.29 is 9.18 Å². The van der Waals surface area contributed by atoms with Crippen molar-refractivity contribution in [2.75, 3.05) is 11.6 Å². The maximum absolute atomic E-state index is 12.9. The number of aromatic nitrogens is 4. The highest BCUT2D eigenvalue weighted by Gasteiger charge is 2.09. The maximum Gasteiger partial charge on any atom is 0.228 e. The van der Waals surface area contributed by atoms with Crippen LogP contribution in [0.4, 0.5) is 10.1 Å². The van der Waals surface area contributed by atoms with Crippen molar-refractivity contribution in [1.29, 1.82) is 0 Å². The van der Waals surface area contributed by atoms with Crippen molar-refractivity contribution in [3.05, 3.63) is 59.9 Å². The zero-order valence-corrected chi connectivity index (χ0v) is 13.6. The number of carbonyl (C=O) groups is 1. The van der Waals surface area contributed by atoms with Crippen molar-refractivity contribution in [2.45, 2.75) is 11.6 Å². The van der Waals surface area contributed by atoms with Crippen molar-refractivity contribution in [3.63, 3.8) is 0 Å². The Morgan fingerprint density at radius 3 is 2.79 bits per heavy atom. The molecule has 8 heteroatoms. The van der Waals surface area contributed by atoms with Crippen LogP contribution in [0.3, 0.4) is 0 Å². The van der Waals surface area contributed by atoms with E-state index in [1.807, 2.05) is 18.4 Å². The summed E-state index contributed by atoms with van der Waals surface area (Å²) >= 11 is 1.43. The number of tetrazole rings is 1. The first-order chi connectivity index (χ1) is 11.7. The normalized spacial score (nSPS) is 10.6. The molecular formula is C16H14FN5OS. The van der Waals surface area contributed by atoms with Crippen molar-refractivity contribution in [2.24, 2.45) is 0 Å². The lowest BCUT2D eigenvalue weighted by atomic mass is 10.1. The van der Waals surface area contributed by atoms with Gasteiger partial charge in [0.2, 0.25) is 11.1 Å². The first-order valence-corrected chi connectivity index (χ1v) is 8.35. The van der Waals surface area contributed by atoms with E-state index >= 15 is 0 Å². The van der Waals surface area contributed by atoms with Crippen LogP contribution in [-0.4, -0.2) is 32.4 Å². The van der Waals surface area contributed by atoms with E-state index in [9.17, 15) is 9.18 Å². The van der Waals surface area contributed by atoms with E-state index in [0.717, 1.165) is 11.3 Å². The summed E-state index contributed by atoms with van der Waals surface area (Å²) < 4.78 is 14.5. The Morgan fingerprint density at radius 1 is 1.25 bits per heavy atom. The number of hydrogen-bond donors (Lipinski definition) is 1. The van der Waals surface area contributed by atoms with Gasteiger partial charge in [-0.2, -0.15) is 4.68 Å². The molecule has 0 unspecified atom stereocenters. The molecule has 0 fully saturated rings. The summed E-state index contributed by atoms with van der Waals surface area (Å²) in [5.74, 6) is -0.501. The summed E-state index contributed by atoms with van der Waals surface area (Å²) in [4.78, 5) is 12.1. The molecule has 0 spiro atoms. The fourth-order valence-corrected chi connectivity index (χ4v) is 2.61. The molecule has 3 rings (SSSR count). The van der Waals surface area contributed by atoms with Gasteiger partial charge < -0.3 is 5.32 Å². The molecule has 1 aromatic heterocycles. The number of benzene rings is 2. The van der Waals surface area contributed by atoms with Crippen LogP contribution < -0.4 is 5.32 Å². The highest BCUT2D eigenvalue weighted by atomic mass is 32.2. The third-order valence-corrected chi connectivity index (χ3v) is 3.90. The lowest BCUT2D eigenvalue weighted by molar-refractivity contribution is -0.115. The minimum absolute atomic E-state index is 0.172. The Hall–Kier alpha value is -2.74. The molecule has 0 atom stereocenters. The second-order valence-corrected chi connectivity index (χ2v) is 5.75. The van der Waals surface area contributed by atoms with Crippen LogP contribution in [0.2, 0.25) is 0 Å². The van der Waals surface area contributed by atoms with E-state index in [4.69, 9.17) is 0 Å². The minimum Gasteiger partial charge on any atom is -0.326 e. The molecule has 0 aliphatic heterocycles. The quantitative estimate of drug-likeness (QED) is 0.721. The summed E-state index contributed by atoms with van der Waals surface area (Å²) in [7, 11) is 0. The highest BCUT2D eigenvalue weighted by molar-refractivity contribution is 7.98. The van der Waals surface area contributed by atoms with E-state index in [0.29, 0.717) is 10.8 Å². The Bertz CT molecular complexity index is 850. The first kappa shape index (κ1) is 16.1. The Balaban J connectivity index is 1.72. The summed E-state index contributed by atoms with van der Waals surface area (Å²) in [6, 6.07) is 13.1. The van der Waals surface area contributed by atoms with Gasteiger partial charge in [0.05, 0.1) is 12.1 Å². The van der Waals surface area contributed by atoms with Gasteiger partial charge >= 0.3 is 0 Å². The molecule has 24 heavy (non-hydrogen) atoms. The number of nitrogens with one attached hydrogen (secondary N) is 1. The van der Waals surface area contributed by atoms with Crippen molar-refractivity contribution >= 4 is 23.4 Å². The molecule has 122 valence electrons. The number of thioether (sulfide) groups is 1. The van der Waals surface area contributed by atoms with Gasteiger partial charge in [0.1, 0.15) is 5.82 Å². The van der Waals surface area contributed by atoms with Gasteiger partial charge in [0.25, 0.3) is 0 Å². The van der Waals surface area contributed by atoms with Gasteiger partial charge in [-0.05, 0) is 52.6 Å². The number of anilines is 1. The molecule has 2 aromatic carbocycles. The molecule has 1 N–H and O–H groups in total. The van der Waals surface area contributed by atoms with E-state index < -0.39 is 0 Å². The van der Waals surface area contributed by atoms with E-state index in [1.165, 1.54) is 23.9 Å². The topological polar surface area (TPSA) is 72.7 Å². The maximum atomic E-state index is 12.9. The highest BCUT2D eigenvalue weighted by Crippen LogP contribution is 2.19. The molecule has 0 saturated heterocycles. The Labute approximate surface area is 142 Å². The summed E-state index contributed by atoms with van der Waals surface area (Å²) in [6.45, 7) is 0. The molecule has 0 aliphatic rings. The fourth-order valence-electron chi connectivity index (χ4n) is 2.18. The summed E-state index contributed by atoms with van der Waals surface area (Å²) in [5.41, 5.74) is 2.14. The Kier molecular flexibility index (Phi) is 4.85. The monoisotopic (exact) mass is 343 g/mol. The van der Waals surface area contributed by atoms with Crippen LogP contribution in [0, 0.1) is 5.82 Å². The van der Waals surface area contributed by atoms with Crippen LogP contribution in [0.25, 0.3) is 5.69 Å². The molecule has 1 heterocycles. The van der Waals surface area contributed by atoms with Gasteiger partial charge in [-0.3, -0.25) is 4.79 Å². The average molecular weight is 343 g/mol. The average Bonchev–Trinajstić information content (AvgIpc) is 3.06. The van der Waals surface area contributed by atoms with E-state index in [-0.39, 0.29) is 18.1 Å². The number of rotatable bonds is 5. The predicted octanol–water partition coefficient (Wildman–Crippen LogP) is 2.70. The van der Waals surface area contributed by atoms with Gasteiger partial charge in [-0.1, -0.05) is 30.0 Å². The fraction of sp³-hybridized carbons (Fsp3) is 0.125. The van der Waals surface area contributed by atoms with Gasteiger partial charge in [0, 0.05) is 5.69 Å². The van der Waals surface area contributed by atoms with E-state index in [1.54, 1.807) is 28.9 Å². The zero-order valence-electron chi connectivity index (χ0n) is 12.8. The second kappa shape index (κ2) is 7.22. The molecule has 0 saturated carbocycles. The van der Waals surface area contributed by atoms with Crippen LogP contribution in [-0.2, 0) is 11.2 Å². The lowest BCUT2D eigenvalue weighted by Gasteiger charge is -2.08. The van der Waals surface area contributed by atoms with Crippen molar-refractivity contribution in [1.82, 2.24) is 20.2 Å². The number of hydrogen-bond acceptors (Lipinski definition) is 5. The van der Waals surface area contributed by atoms with E-state index in [2.05, 4.69) is 20.8 Å². The predicted molar refractivity (Wildman–Crippen MR) is 89.7 cm³/mol. The summed E-state index contributed by atoms with van der Waals surface area (Å²) in [5, 5.41) is 15.0.